The van der Waals surface area contributed by atoms with Gasteiger partial charge in [-0.25, -0.2) is 0 Å². The van der Waals surface area contributed by atoms with Gasteiger partial charge in [0.2, 0.25) is 0 Å². The van der Waals surface area contributed by atoms with Crippen LogP contribution in [0.5, 0.6) is 11.5 Å². The maximum atomic E-state index is 5.46. The number of hydrogen-bond acceptors (Lipinski definition) is 4. The number of ether oxygens (including phenoxy) is 3. The van der Waals surface area contributed by atoms with Gasteiger partial charge in [0.1, 0.15) is 11.5 Å². The van der Waals surface area contributed by atoms with E-state index in [0.717, 1.165) is 17.1 Å². The number of nitrogens with one attached hydrogen (secondary N) is 1. The summed E-state index contributed by atoms with van der Waals surface area (Å²) in [5.74, 6) is 1.66. The van der Waals surface area contributed by atoms with Gasteiger partial charge >= 0.3 is 0 Å². The zero-order valence-corrected chi connectivity index (χ0v) is 10.9. The fraction of sp³-hybridized carbons (Fsp3) is 0.538. The van der Waals surface area contributed by atoms with E-state index in [1.807, 2.05) is 32.2 Å². The Kier molecular flexibility index (Phi) is 5.80. The summed E-state index contributed by atoms with van der Waals surface area (Å²) >= 11 is 0. The molecule has 1 aromatic carbocycles. The van der Waals surface area contributed by atoms with Crippen molar-refractivity contribution in [3.8, 4) is 11.5 Å². The molecule has 0 radical (unpaired) electrons. The molecule has 0 aliphatic heterocycles. The normalized spacial score (nSPS) is 12.2. The SMILES string of the molecule is CCOCC(NC)c1cc(OC)ccc1OC. The lowest BCUT2D eigenvalue weighted by Gasteiger charge is -2.19. The monoisotopic (exact) mass is 239 g/mol. The highest BCUT2D eigenvalue weighted by Crippen LogP contribution is 2.29. The van der Waals surface area contributed by atoms with Crippen LogP contribution in [-0.2, 0) is 4.74 Å². The topological polar surface area (TPSA) is 39.7 Å². The van der Waals surface area contributed by atoms with Crippen LogP contribution in [-0.4, -0.2) is 34.5 Å². The Morgan fingerprint density at radius 2 is 2.00 bits per heavy atom. The van der Waals surface area contributed by atoms with Crippen LogP contribution in [0.3, 0.4) is 0 Å². The van der Waals surface area contributed by atoms with Crippen LogP contribution in [0.15, 0.2) is 18.2 Å². The first-order valence-corrected chi connectivity index (χ1v) is 5.73. The molecular formula is C13H21NO3. The van der Waals surface area contributed by atoms with Crippen LogP contribution in [0.4, 0.5) is 0 Å². The second-order valence-corrected chi connectivity index (χ2v) is 3.61. The van der Waals surface area contributed by atoms with Crippen molar-refractivity contribution in [1.29, 1.82) is 0 Å². The summed E-state index contributed by atoms with van der Waals surface area (Å²) in [6.07, 6.45) is 0. The molecule has 1 atom stereocenters. The van der Waals surface area contributed by atoms with Crippen molar-refractivity contribution < 1.29 is 14.2 Å². The van der Waals surface area contributed by atoms with Crippen LogP contribution in [0.1, 0.15) is 18.5 Å². The average molecular weight is 239 g/mol. The number of rotatable bonds is 7. The van der Waals surface area contributed by atoms with Crippen molar-refractivity contribution in [2.45, 2.75) is 13.0 Å². The van der Waals surface area contributed by atoms with Crippen LogP contribution in [0.25, 0.3) is 0 Å². The lowest BCUT2D eigenvalue weighted by Crippen LogP contribution is -2.22. The molecule has 4 nitrogen and oxygen atoms in total. The van der Waals surface area contributed by atoms with Crippen molar-refractivity contribution in [3.63, 3.8) is 0 Å². The Hall–Kier alpha value is -1.26. The smallest absolute Gasteiger partial charge is 0.123 e. The van der Waals surface area contributed by atoms with Gasteiger partial charge in [-0.15, -0.1) is 0 Å². The summed E-state index contributed by atoms with van der Waals surface area (Å²) in [6.45, 7) is 3.29. The predicted molar refractivity (Wildman–Crippen MR) is 67.8 cm³/mol. The fourth-order valence-electron chi connectivity index (χ4n) is 1.68. The number of hydrogen-bond donors (Lipinski definition) is 1. The van der Waals surface area contributed by atoms with Crippen LogP contribution < -0.4 is 14.8 Å². The van der Waals surface area contributed by atoms with E-state index in [9.17, 15) is 0 Å². The van der Waals surface area contributed by atoms with Gasteiger partial charge in [0.15, 0.2) is 0 Å². The minimum absolute atomic E-state index is 0.0972. The Bertz CT molecular complexity index is 341. The number of benzene rings is 1. The third-order valence-corrected chi connectivity index (χ3v) is 2.65. The molecule has 0 heterocycles. The van der Waals surface area contributed by atoms with Crippen molar-refractivity contribution in [2.75, 3.05) is 34.5 Å². The molecule has 4 heteroatoms. The molecule has 1 N–H and O–H groups in total. The van der Waals surface area contributed by atoms with Gasteiger partial charge in [0.25, 0.3) is 0 Å². The van der Waals surface area contributed by atoms with E-state index in [1.165, 1.54) is 0 Å². The summed E-state index contributed by atoms with van der Waals surface area (Å²) in [6, 6.07) is 5.86. The van der Waals surface area contributed by atoms with Gasteiger partial charge in [-0.1, -0.05) is 0 Å². The van der Waals surface area contributed by atoms with Gasteiger partial charge in [0, 0.05) is 12.2 Å². The van der Waals surface area contributed by atoms with Crippen LogP contribution in [0, 0.1) is 0 Å². The van der Waals surface area contributed by atoms with Crippen molar-refractivity contribution in [3.05, 3.63) is 23.8 Å². The quantitative estimate of drug-likeness (QED) is 0.790. The zero-order valence-electron chi connectivity index (χ0n) is 10.9. The van der Waals surface area contributed by atoms with Gasteiger partial charge in [-0.3, -0.25) is 0 Å². The number of methoxy groups -OCH3 is 2. The zero-order chi connectivity index (χ0) is 12.7. The minimum Gasteiger partial charge on any atom is -0.497 e. The molecule has 0 saturated heterocycles. The summed E-state index contributed by atoms with van der Waals surface area (Å²) in [5.41, 5.74) is 1.04. The molecule has 17 heavy (non-hydrogen) atoms. The molecule has 0 aliphatic carbocycles. The molecule has 0 spiro atoms. The molecule has 0 aromatic heterocycles. The van der Waals surface area contributed by atoms with E-state index in [4.69, 9.17) is 14.2 Å². The standard InChI is InChI=1S/C13H21NO3/c1-5-17-9-12(14-2)11-8-10(15-3)6-7-13(11)16-4/h6-8,12,14H,5,9H2,1-4H3. The molecule has 1 rings (SSSR count). The van der Waals surface area contributed by atoms with Crippen LogP contribution >= 0.6 is 0 Å². The Labute approximate surface area is 103 Å². The van der Waals surface area contributed by atoms with E-state index < -0.39 is 0 Å². The van der Waals surface area contributed by atoms with Crippen molar-refractivity contribution >= 4 is 0 Å². The van der Waals surface area contributed by atoms with Gasteiger partial charge in [-0.05, 0) is 32.2 Å². The first kappa shape index (κ1) is 13.8. The molecule has 0 bridgehead atoms. The fourth-order valence-corrected chi connectivity index (χ4v) is 1.68. The minimum atomic E-state index is 0.0972. The molecule has 1 unspecified atom stereocenters. The Morgan fingerprint density at radius 3 is 2.53 bits per heavy atom. The summed E-state index contributed by atoms with van der Waals surface area (Å²) in [4.78, 5) is 0. The molecule has 96 valence electrons. The first-order chi connectivity index (χ1) is 8.26. The highest BCUT2D eigenvalue weighted by molar-refractivity contribution is 5.42. The number of likely N-dealkylation sites (N-methyl/N-ethyl adjacent to an activating group) is 1. The molecule has 1 aromatic rings. The van der Waals surface area contributed by atoms with E-state index in [-0.39, 0.29) is 6.04 Å². The first-order valence-electron chi connectivity index (χ1n) is 5.73. The summed E-state index contributed by atoms with van der Waals surface area (Å²) in [7, 11) is 5.23. The Morgan fingerprint density at radius 1 is 1.24 bits per heavy atom. The Balaban J connectivity index is 2.97. The molecule has 0 fully saturated rings. The predicted octanol–water partition coefficient (Wildman–Crippen LogP) is 2.00. The average Bonchev–Trinajstić information content (AvgIpc) is 2.39. The van der Waals surface area contributed by atoms with Gasteiger partial charge < -0.3 is 19.5 Å². The molecule has 0 aliphatic rings. The molecular weight excluding hydrogens is 218 g/mol. The lowest BCUT2D eigenvalue weighted by atomic mass is 10.1. The second-order valence-electron chi connectivity index (χ2n) is 3.61. The van der Waals surface area contributed by atoms with Gasteiger partial charge in [0.05, 0.1) is 26.9 Å². The van der Waals surface area contributed by atoms with Crippen LogP contribution in [0.2, 0.25) is 0 Å². The van der Waals surface area contributed by atoms with Crippen molar-refractivity contribution in [1.82, 2.24) is 5.32 Å². The van der Waals surface area contributed by atoms with E-state index in [0.29, 0.717) is 13.2 Å². The van der Waals surface area contributed by atoms with E-state index in [2.05, 4.69) is 5.32 Å². The van der Waals surface area contributed by atoms with Crippen molar-refractivity contribution in [2.24, 2.45) is 0 Å². The third kappa shape index (κ3) is 3.61. The third-order valence-electron chi connectivity index (χ3n) is 2.65. The molecule has 0 saturated carbocycles. The van der Waals surface area contributed by atoms with E-state index in [1.54, 1.807) is 14.2 Å². The summed E-state index contributed by atoms with van der Waals surface area (Å²) in [5, 5.41) is 3.22. The lowest BCUT2D eigenvalue weighted by molar-refractivity contribution is 0.124. The maximum Gasteiger partial charge on any atom is 0.123 e. The maximum absolute atomic E-state index is 5.46. The highest BCUT2D eigenvalue weighted by atomic mass is 16.5. The molecule has 0 amide bonds. The van der Waals surface area contributed by atoms with E-state index >= 15 is 0 Å². The largest absolute Gasteiger partial charge is 0.497 e. The summed E-state index contributed by atoms with van der Waals surface area (Å²) < 4.78 is 16.0. The highest BCUT2D eigenvalue weighted by Gasteiger charge is 2.15. The van der Waals surface area contributed by atoms with Gasteiger partial charge in [-0.2, -0.15) is 0 Å². The second kappa shape index (κ2) is 7.14.